The number of hydrogen-bond donors (Lipinski definition) is 1. The Balaban J connectivity index is 0.000000202. The molecule has 2 saturated carbocycles. The predicted octanol–water partition coefficient (Wildman–Crippen LogP) is 9.59. The molecular weight excluding hydrogens is 777 g/mol. The molecule has 2 unspecified atom stereocenters. The van der Waals surface area contributed by atoms with Crippen LogP contribution in [0.15, 0.2) is 97.1 Å². The van der Waals surface area contributed by atoms with E-state index in [1.54, 1.807) is 30.3 Å². The first-order chi connectivity index (χ1) is 26.2. The van der Waals surface area contributed by atoms with E-state index >= 15 is 0 Å². The van der Waals surface area contributed by atoms with Crippen molar-refractivity contribution in [1.82, 2.24) is 0 Å². The normalized spacial score (nSPS) is 19.1. The zero-order valence-corrected chi connectivity index (χ0v) is 31.6. The quantitative estimate of drug-likeness (QED) is 0.0584. The van der Waals surface area contributed by atoms with Crippen molar-refractivity contribution in [3.05, 3.63) is 138 Å². The molecule has 0 amide bonds. The van der Waals surface area contributed by atoms with Gasteiger partial charge in [-0.3, -0.25) is 34.6 Å². The smallest absolute Gasteiger partial charge is 0.409 e. The summed E-state index contributed by atoms with van der Waals surface area (Å²) in [5.74, 6) is -0.0999. The van der Waals surface area contributed by atoms with Crippen LogP contribution in [0.5, 0.6) is 11.5 Å². The van der Waals surface area contributed by atoms with Crippen molar-refractivity contribution < 1.29 is 38.5 Å². The second-order valence-electron chi connectivity index (χ2n) is 12.8. The Morgan fingerprint density at radius 3 is 1.56 bits per heavy atom. The third kappa shape index (κ3) is 11.2. The second kappa shape index (κ2) is 19.4. The first-order valence-electron chi connectivity index (χ1n) is 17.1. The molecule has 2 atom stereocenters. The van der Waals surface area contributed by atoms with Crippen molar-refractivity contribution in [2.45, 2.75) is 68.7 Å². The van der Waals surface area contributed by atoms with Gasteiger partial charge in [0.25, 0.3) is 11.4 Å². The first kappa shape index (κ1) is 42.5. The number of nitrogens with zero attached hydrogens (tertiary/aromatic N) is 2. The molecule has 16 heteroatoms. The van der Waals surface area contributed by atoms with Crippen molar-refractivity contribution in [2.24, 2.45) is 5.73 Å². The summed E-state index contributed by atoms with van der Waals surface area (Å²) in [7, 11) is 0. The number of carbonyl (C=O) groups excluding carboxylic acids is 4. The summed E-state index contributed by atoms with van der Waals surface area (Å²) >= 11 is 17.3. The molecule has 2 aliphatic rings. The van der Waals surface area contributed by atoms with E-state index in [9.17, 15) is 39.4 Å². The lowest BCUT2D eigenvalue weighted by atomic mass is 9.66. The minimum atomic E-state index is -0.992. The summed E-state index contributed by atoms with van der Waals surface area (Å²) in [5, 5.41) is 22.0. The number of rotatable bonds is 8. The molecule has 4 aromatic carbocycles. The molecule has 0 radical (unpaired) electrons. The molecule has 6 rings (SSSR count). The maximum absolute atomic E-state index is 12.8. The first-order valence-corrected chi connectivity index (χ1v) is 18.2. The van der Waals surface area contributed by atoms with Gasteiger partial charge in [0, 0.05) is 58.8 Å². The Morgan fingerprint density at radius 1 is 0.655 bits per heavy atom. The Morgan fingerprint density at radius 2 is 1.11 bits per heavy atom. The van der Waals surface area contributed by atoms with Crippen LogP contribution in [-0.4, -0.2) is 32.8 Å². The number of ether oxygens (including phenoxy) is 2. The van der Waals surface area contributed by atoms with Gasteiger partial charge in [0.1, 0.15) is 22.8 Å². The van der Waals surface area contributed by atoms with Crippen LogP contribution in [0.25, 0.3) is 0 Å². The number of nitro benzene ring substituents is 2. The van der Waals surface area contributed by atoms with Gasteiger partial charge < -0.3 is 15.2 Å². The minimum Gasteiger partial charge on any atom is -0.426 e. The minimum absolute atomic E-state index is 0.0116. The average Bonchev–Trinajstić information content (AvgIpc) is 3.15. The van der Waals surface area contributed by atoms with Crippen LogP contribution in [-0.2, 0) is 25.3 Å². The van der Waals surface area contributed by atoms with Crippen molar-refractivity contribution in [2.75, 3.05) is 0 Å². The Hall–Kier alpha value is -5.21. The van der Waals surface area contributed by atoms with Crippen LogP contribution in [0.4, 0.5) is 16.2 Å². The standard InChI is InChI=1S/C20H18ClNO5.C12H14ClNO.C7H4ClNO4/c21-17-6-2-1-5-16(17)20(12-4-3-7-18(20)23)13-19(24)27-15-10-8-14(9-11-15)22(25)26;13-10-6-2-1-5-9(10)12(14)8-4-3-7-11(12)15;8-7(10)13-6-3-1-5(2-4-6)9(11)12/h1-2,5-6,8-11H,3-4,7,12-13H2;1-2,5-6H,3-4,7-8,14H2;1-4H. The van der Waals surface area contributed by atoms with E-state index in [1.807, 2.05) is 18.2 Å². The lowest BCUT2D eigenvalue weighted by molar-refractivity contribution is -0.385. The van der Waals surface area contributed by atoms with Gasteiger partial charge >= 0.3 is 11.4 Å². The van der Waals surface area contributed by atoms with Gasteiger partial charge in [-0.2, -0.15) is 0 Å². The number of non-ortho nitro benzene ring substituents is 2. The zero-order chi connectivity index (χ0) is 40.2. The molecular formula is C39H36Cl3N3O10. The molecule has 4 aromatic rings. The molecule has 55 heavy (non-hydrogen) atoms. The Labute approximate surface area is 331 Å². The lowest BCUT2D eigenvalue weighted by Gasteiger charge is -2.36. The van der Waals surface area contributed by atoms with Crippen molar-refractivity contribution in [3.8, 4) is 11.5 Å². The number of halogens is 3. The Bertz CT molecular complexity index is 2050. The van der Waals surface area contributed by atoms with Crippen LogP contribution >= 0.6 is 34.8 Å². The van der Waals surface area contributed by atoms with E-state index in [2.05, 4.69) is 4.74 Å². The highest BCUT2D eigenvalue weighted by Gasteiger charge is 2.45. The summed E-state index contributed by atoms with van der Waals surface area (Å²) in [6, 6.07) is 24.7. The highest BCUT2D eigenvalue weighted by molar-refractivity contribution is 6.61. The fourth-order valence-electron chi connectivity index (χ4n) is 6.45. The summed E-state index contributed by atoms with van der Waals surface area (Å²) in [6.07, 6.45) is 5.64. The van der Waals surface area contributed by atoms with Crippen LogP contribution < -0.4 is 15.2 Å². The van der Waals surface area contributed by atoms with E-state index in [0.29, 0.717) is 41.3 Å². The van der Waals surface area contributed by atoms with E-state index in [1.165, 1.54) is 48.5 Å². The molecule has 0 heterocycles. The predicted molar refractivity (Wildman–Crippen MR) is 206 cm³/mol. The van der Waals surface area contributed by atoms with Gasteiger partial charge in [0.15, 0.2) is 5.78 Å². The molecule has 0 aromatic heterocycles. The van der Waals surface area contributed by atoms with Crippen molar-refractivity contribution in [3.63, 3.8) is 0 Å². The number of benzene rings is 4. The van der Waals surface area contributed by atoms with Crippen molar-refractivity contribution in [1.29, 1.82) is 0 Å². The third-order valence-corrected chi connectivity index (χ3v) is 9.96. The average molecular weight is 813 g/mol. The van der Waals surface area contributed by atoms with Crippen LogP contribution in [0.1, 0.15) is 68.9 Å². The van der Waals surface area contributed by atoms with E-state index < -0.39 is 32.2 Å². The zero-order valence-electron chi connectivity index (χ0n) is 29.3. The van der Waals surface area contributed by atoms with Gasteiger partial charge in [-0.1, -0.05) is 72.4 Å². The van der Waals surface area contributed by atoms with E-state index in [-0.39, 0.29) is 40.9 Å². The fourth-order valence-corrected chi connectivity index (χ4v) is 7.16. The molecule has 2 N–H and O–H groups in total. The molecule has 0 spiro atoms. The molecule has 2 fully saturated rings. The SMILES string of the molecule is NC1(c2ccccc2Cl)CCCCC1=O.O=C(CC1(c2ccccc2Cl)CCCCC1=O)Oc1ccc([N+](=O)[O-])cc1.O=C(Cl)Oc1ccc([N+](=O)[O-])cc1. The van der Waals surface area contributed by atoms with Gasteiger partial charge in [0.2, 0.25) is 0 Å². The van der Waals surface area contributed by atoms with Gasteiger partial charge in [0.05, 0.1) is 21.7 Å². The van der Waals surface area contributed by atoms with Gasteiger partial charge in [-0.25, -0.2) is 4.79 Å². The molecule has 0 bridgehead atoms. The molecule has 2 aliphatic carbocycles. The van der Waals surface area contributed by atoms with Gasteiger partial charge in [-0.15, -0.1) is 0 Å². The number of esters is 1. The topological polar surface area (TPSA) is 199 Å². The molecule has 0 saturated heterocycles. The monoisotopic (exact) mass is 811 g/mol. The molecule has 13 nitrogen and oxygen atoms in total. The third-order valence-electron chi connectivity index (χ3n) is 9.23. The molecule has 288 valence electrons. The summed E-state index contributed by atoms with van der Waals surface area (Å²) in [6.45, 7) is 0. The van der Waals surface area contributed by atoms with Gasteiger partial charge in [-0.05, 0) is 73.2 Å². The molecule has 0 aliphatic heterocycles. The maximum atomic E-state index is 12.8. The highest BCUT2D eigenvalue weighted by atomic mass is 35.5. The fraction of sp³-hybridized carbons (Fsp3) is 0.282. The Kier molecular flexibility index (Phi) is 15.0. The number of carbonyl (C=O) groups is 4. The number of hydrogen-bond acceptors (Lipinski definition) is 11. The van der Waals surface area contributed by atoms with E-state index in [0.717, 1.165) is 31.2 Å². The summed E-state index contributed by atoms with van der Waals surface area (Å²) in [5.41, 5.74) is 4.63. The summed E-state index contributed by atoms with van der Waals surface area (Å²) in [4.78, 5) is 67.4. The van der Waals surface area contributed by atoms with Crippen LogP contribution in [0.2, 0.25) is 10.0 Å². The number of Topliss-reactive ketones (excluding diaryl/α,β-unsaturated/α-hetero) is 2. The van der Waals surface area contributed by atoms with Crippen LogP contribution in [0.3, 0.4) is 0 Å². The lowest BCUT2D eigenvalue weighted by Crippen LogP contribution is -2.47. The maximum Gasteiger partial charge on any atom is 0.409 e. The number of ketones is 2. The van der Waals surface area contributed by atoms with E-state index in [4.69, 9.17) is 45.3 Å². The second-order valence-corrected chi connectivity index (χ2v) is 13.9. The number of nitrogens with two attached hydrogens (primary N) is 1. The highest BCUT2D eigenvalue weighted by Crippen LogP contribution is 2.43. The largest absolute Gasteiger partial charge is 0.426 e. The van der Waals surface area contributed by atoms with Crippen molar-refractivity contribution >= 4 is 69.1 Å². The van der Waals surface area contributed by atoms with Crippen LogP contribution in [0, 0.1) is 20.2 Å². The number of nitro groups is 2. The summed E-state index contributed by atoms with van der Waals surface area (Å²) < 4.78 is 9.78.